The summed E-state index contributed by atoms with van der Waals surface area (Å²) in [6.45, 7) is 1.03. The molecule has 1 aliphatic heterocycles. The van der Waals surface area contributed by atoms with Gasteiger partial charge in [0.25, 0.3) is 10.0 Å². The van der Waals surface area contributed by atoms with Crippen LogP contribution < -0.4 is 5.32 Å². The van der Waals surface area contributed by atoms with Gasteiger partial charge in [0.2, 0.25) is 0 Å². The molecule has 1 saturated heterocycles. The van der Waals surface area contributed by atoms with Crippen molar-refractivity contribution in [3.63, 3.8) is 0 Å². The summed E-state index contributed by atoms with van der Waals surface area (Å²) in [4.78, 5) is 12.1. The first kappa shape index (κ1) is 18.3. The molecule has 0 aliphatic carbocycles. The second-order valence-electron chi connectivity index (χ2n) is 5.08. The van der Waals surface area contributed by atoms with E-state index in [0.29, 0.717) is 4.31 Å². The van der Waals surface area contributed by atoms with Crippen LogP contribution in [0.5, 0.6) is 0 Å². The molecule has 2 atom stereocenters. The van der Waals surface area contributed by atoms with Crippen molar-refractivity contribution in [2.45, 2.75) is 28.4 Å². The van der Waals surface area contributed by atoms with Gasteiger partial charge >= 0.3 is 6.03 Å². The second kappa shape index (κ2) is 6.45. The number of aliphatic hydroxyl groups excluding tert-OH is 1. The Labute approximate surface area is 144 Å². The predicted molar refractivity (Wildman–Crippen MR) is 84.8 cm³/mol. The number of amides is 2. The van der Waals surface area contributed by atoms with Crippen molar-refractivity contribution in [1.82, 2.24) is 9.62 Å². The highest BCUT2D eigenvalue weighted by Gasteiger charge is 2.56. The standard InChI is InChI=1S/C13H16Cl2N2O5S/c1-8-3-5-9(6-4-8)23(20,21)17-10(13(14,15)7-18)11(22-2)16-12(17)19/h3-6,10-11,18H,7H2,1-2H3,(H,16,19)/t10-,11+/m0/s1. The summed E-state index contributed by atoms with van der Waals surface area (Å²) in [5.41, 5.74) is 0.862. The van der Waals surface area contributed by atoms with Crippen LogP contribution in [0.3, 0.4) is 0 Å². The van der Waals surface area contributed by atoms with Gasteiger partial charge in [-0.05, 0) is 19.1 Å². The van der Waals surface area contributed by atoms with Crippen LogP contribution in [0.1, 0.15) is 5.56 Å². The Hall–Kier alpha value is -1.06. The van der Waals surface area contributed by atoms with Crippen molar-refractivity contribution in [2.24, 2.45) is 0 Å². The number of ether oxygens (including phenoxy) is 1. The number of aryl methyl sites for hydroxylation is 1. The van der Waals surface area contributed by atoms with Crippen molar-refractivity contribution in [3.05, 3.63) is 29.8 Å². The first-order chi connectivity index (χ1) is 10.6. The van der Waals surface area contributed by atoms with Crippen LogP contribution in [-0.2, 0) is 14.8 Å². The zero-order valence-electron chi connectivity index (χ0n) is 12.4. The fourth-order valence-corrected chi connectivity index (χ4v) is 4.38. The molecule has 128 valence electrons. The number of carbonyl (C=O) groups excluding carboxylic acids is 1. The van der Waals surface area contributed by atoms with Crippen LogP contribution in [0, 0.1) is 6.92 Å². The smallest absolute Gasteiger partial charge is 0.333 e. The number of halogens is 2. The van der Waals surface area contributed by atoms with E-state index in [2.05, 4.69) is 5.32 Å². The molecule has 1 heterocycles. The highest BCUT2D eigenvalue weighted by molar-refractivity contribution is 7.89. The van der Waals surface area contributed by atoms with Crippen molar-refractivity contribution in [1.29, 1.82) is 0 Å². The third kappa shape index (κ3) is 3.27. The first-order valence-electron chi connectivity index (χ1n) is 6.58. The number of nitrogens with one attached hydrogen (secondary N) is 1. The highest BCUT2D eigenvalue weighted by atomic mass is 35.5. The van der Waals surface area contributed by atoms with Crippen molar-refractivity contribution < 1.29 is 23.1 Å². The van der Waals surface area contributed by atoms with Gasteiger partial charge in [0.15, 0.2) is 10.6 Å². The molecule has 7 nitrogen and oxygen atoms in total. The summed E-state index contributed by atoms with van der Waals surface area (Å²) >= 11 is 12.0. The number of hydrogen-bond acceptors (Lipinski definition) is 5. The summed E-state index contributed by atoms with van der Waals surface area (Å²) in [7, 11) is -2.96. The number of benzene rings is 1. The fraction of sp³-hybridized carbons (Fsp3) is 0.462. The monoisotopic (exact) mass is 382 g/mol. The number of alkyl halides is 2. The van der Waals surface area contributed by atoms with Gasteiger partial charge in [0.05, 0.1) is 11.5 Å². The lowest BCUT2D eigenvalue weighted by Crippen LogP contribution is -2.53. The van der Waals surface area contributed by atoms with Gasteiger partial charge in [-0.2, -0.15) is 0 Å². The number of carbonyl (C=O) groups is 1. The van der Waals surface area contributed by atoms with E-state index in [-0.39, 0.29) is 4.90 Å². The SMILES string of the molecule is CO[C@H]1NC(=O)N(S(=O)(=O)c2ccc(C)cc2)[C@@H]1C(Cl)(Cl)CO. The van der Waals surface area contributed by atoms with Crippen LogP contribution in [-0.4, -0.2) is 54.2 Å². The van der Waals surface area contributed by atoms with Gasteiger partial charge in [-0.3, -0.25) is 0 Å². The Morgan fingerprint density at radius 1 is 1.35 bits per heavy atom. The van der Waals surface area contributed by atoms with Crippen molar-refractivity contribution >= 4 is 39.3 Å². The Balaban J connectivity index is 2.53. The van der Waals surface area contributed by atoms with Gasteiger partial charge in [0.1, 0.15) is 6.04 Å². The summed E-state index contributed by atoms with van der Waals surface area (Å²) in [5.74, 6) is 0. The summed E-state index contributed by atoms with van der Waals surface area (Å²) in [5, 5.41) is 11.7. The zero-order chi connectivity index (χ0) is 17.4. The lowest BCUT2D eigenvalue weighted by atomic mass is 10.2. The molecule has 1 aliphatic rings. The van der Waals surface area contributed by atoms with E-state index in [1.54, 1.807) is 19.1 Å². The number of sulfonamides is 1. The van der Waals surface area contributed by atoms with Crippen LogP contribution >= 0.6 is 23.2 Å². The minimum absolute atomic E-state index is 0.0953. The van der Waals surface area contributed by atoms with E-state index in [4.69, 9.17) is 27.9 Å². The van der Waals surface area contributed by atoms with Crippen LogP contribution in [0.25, 0.3) is 0 Å². The summed E-state index contributed by atoms with van der Waals surface area (Å²) in [6.07, 6.45) is -1.09. The third-order valence-corrected chi connectivity index (χ3v) is 5.95. The van der Waals surface area contributed by atoms with Crippen LogP contribution in [0.4, 0.5) is 4.79 Å². The molecule has 2 amide bonds. The minimum Gasteiger partial charge on any atom is -0.393 e. The number of aliphatic hydroxyl groups is 1. The van der Waals surface area contributed by atoms with Crippen LogP contribution in [0.15, 0.2) is 29.2 Å². The number of rotatable bonds is 5. The Morgan fingerprint density at radius 3 is 2.39 bits per heavy atom. The largest absolute Gasteiger partial charge is 0.393 e. The molecule has 0 saturated carbocycles. The molecule has 1 aromatic rings. The quantitative estimate of drug-likeness (QED) is 0.746. The van der Waals surface area contributed by atoms with E-state index < -0.39 is 39.3 Å². The Bertz CT molecular complexity index is 693. The molecular weight excluding hydrogens is 367 g/mol. The lowest BCUT2D eigenvalue weighted by Gasteiger charge is -2.33. The van der Waals surface area contributed by atoms with Gasteiger partial charge in [0, 0.05) is 7.11 Å². The average Bonchev–Trinajstić information content (AvgIpc) is 2.86. The maximum Gasteiger partial charge on any atom is 0.333 e. The van der Waals surface area contributed by atoms with Crippen molar-refractivity contribution in [2.75, 3.05) is 13.7 Å². The molecule has 10 heteroatoms. The summed E-state index contributed by atoms with van der Waals surface area (Å²) in [6, 6.07) is 3.69. The maximum atomic E-state index is 12.8. The Kier molecular flexibility index (Phi) is 5.12. The van der Waals surface area contributed by atoms with Gasteiger partial charge in [-0.15, -0.1) is 0 Å². The predicted octanol–water partition coefficient (Wildman–Crippen LogP) is 1.22. The van der Waals surface area contributed by atoms with E-state index >= 15 is 0 Å². The van der Waals surface area contributed by atoms with Gasteiger partial charge in [-0.1, -0.05) is 40.9 Å². The molecule has 0 spiro atoms. The van der Waals surface area contributed by atoms with Gasteiger partial charge < -0.3 is 15.2 Å². The van der Waals surface area contributed by atoms with Crippen LogP contribution in [0.2, 0.25) is 0 Å². The molecule has 1 aromatic carbocycles. The maximum absolute atomic E-state index is 12.8. The molecule has 23 heavy (non-hydrogen) atoms. The van der Waals surface area contributed by atoms with E-state index in [0.717, 1.165) is 5.56 Å². The molecule has 0 unspecified atom stereocenters. The number of methoxy groups -OCH3 is 1. The van der Waals surface area contributed by atoms with E-state index in [9.17, 15) is 18.3 Å². The topological polar surface area (TPSA) is 95.9 Å². The molecule has 1 fully saturated rings. The highest BCUT2D eigenvalue weighted by Crippen LogP contribution is 2.37. The number of urea groups is 1. The third-order valence-electron chi connectivity index (χ3n) is 3.48. The number of nitrogens with zero attached hydrogens (tertiary/aromatic N) is 1. The second-order valence-corrected chi connectivity index (χ2v) is 8.44. The Morgan fingerprint density at radius 2 is 1.91 bits per heavy atom. The zero-order valence-corrected chi connectivity index (χ0v) is 14.7. The van der Waals surface area contributed by atoms with E-state index in [1.165, 1.54) is 19.2 Å². The summed E-state index contributed by atoms with van der Waals surface area (Å²) < 4.78 is 29.2. The molecule has 0 radical (unpaired) electrons. The average molecular weight is 383 g/mol. The first-order valence-corrected chi connectivity index (χ1v) is 8.78. The molecular formula is C13H16Cl2N2O5S. The van der Waals surface area contributed by atoms with E-state index in [1.807, 2.05) is 0 Å². The number of hydrogen-bond donors (Lipinski definition) is 2. The molecule has 0 aromatic heterocycles. The minimum atomic E-state index is -4.23. The molecule has 0 bridgehead atoms. The molecule has 2 N–H and O–H groups in total. The molecule has 2 rings (SSSR count). The fourth-order valence-electron chi connectivity index (χ4n) is 2.27. The lowest BCUT2D eigenvalue weighted by molar-refractivity contribution is 0.0535. The van der Waals surface area contributed by atoms with Crippen molar-refractivity contribution in [3.8, 4) is 0 Å². The normalized spacial score (nSPS) is 22.3. The van der Waals surface area contributed by atoms with Gasteiger partial charge in [-0.25, -0.2) is 17.5 Å².